The first-order valence-electron chi connectivity index (χ1n) is 9.04. The fourth-order valence-electron chi connectivity index (χ4n) is 2.79. The molecule has 0 saturated heterocycles. The van der Waals surface area contributed by atoms with Gasteiger partial charge in [0.1, 0.15) is 19.5 Å². The molecule has 6 heteroatoms. The normalized spacial score (nSPS) is 10.9. The van der Waals surface area contributed by atoms with Gasteiger partial charge in [-0.1, -0.05) is 83.3 Å². The summed E-state index contributed by atoms with van der Waals surface area (Å²) in [6.45, 7) is 0.0764. The van der Waals surface area contributed by atoms with Crippen molar-refractivity contribution in [1.29, 1.82) is 0 Å². The average Bonchev–Trinajstić information content (AvgIpc) is 2.74. The smallest absolute Gasteiger partial charge is 0.324 e. The van der Waals surface area contributed by atoms with E-state index in [4.69, 9.17) is 9.47 Å². The quantitative estimate of drug-likeness (QED) is 0.154. The van der Waals surface area contributed by atoms with Gasteiger partial charge in [-0.3, -0.25) is 9.59 Å². The summed E-state index contributed by atoms with van der Waals surface area (Å²) in [4.78, 5) is 37.1. The van der Waals surface area contributed by atoms with Crippen LogP contribution in [-0.2, 0) is 37.1 Å². The molecule has 2 rings (SSSR count). The molecule has 0 aromatic heterocycles. The van der Waals surface area contributed by atoms with Gasteiger partial charge in [0.2, 0.25) is 0 Å². The Morgan fingerprint density at radius 2 is 1.32 bits per heavy atom. The van der Waals surface area contributed by atoms with Gasteiger partial charge >= 0.3 is 11.9 Å². The first-order valence-corrected chi connectivity index (χ1v) is 10.6. The Morgan fingerprint density at radius 3 is 1.71 bits per heavy atom. The van der Waals surface area contributed by atoms with E-state index in [-0.39, 0.29) is 26.1 Å². The number of aldehydes is 1. The molecule has 0 N–H and O–H groups in total. The predicted octanol–water partition coefficient (Wildman–Crippen LogP) is 4.26. The lowest BCUT2D eigenvalue weighted by molar-refractivity contribution is -0.176. The molecule has 148 valence electrons. The zero-order valence-electron chi connectivity index (χ0n) is 15.5. The van der Waals surface area contributed by atoms with E-state index in [1.807, 2.05) is 60.7 Å². The third-order valence-corrected chi connectivity index (χ3v) is 5.14. The maximum absolute atomic E-state index is 12.9. The standard InChI is InChI=1S/C22H23IO5/c23-14-7-12-22(13-15-24,20(25)27-16-18-8-3-1-4-9-18)21(26)28-17-19-10-5-2-6-11-19/h1-6,8-11,15H,7,12-14,16-17H2. The van der Waals surface area contributed by atoms with Gasteiger partial charge < -0.3 is 14.3 Å². The second-order valence-electron chi connectivity index (χ2n) is 6.37. The zero-order valence-corrected chi connectivity index (χ0v) is 17.7. The molecule has 0 unspecified atom stereocenters. The van der Waals surface area contributed by atoms with Crippen LogP contribution in [0.5, 0.6) is 0 Å². The summed E-state index contributed by atoms with van der Waals surface area (Å²) in [7, 11) is 0. The minimum absolute atomic E-state index is 0.0382. The molecule has 0 saturated carbocycles. The van der Waals surface area contributed by atoms with Crippen LogP contribution in [0.1, 0.15) is 30.4 Å². The molecule has 0 atom stereocenters. The van der Waals surface area contributed by atoms with Gasteiger partial charge in [-0.2, -0.15) is 0 Å². The zero-order chi connectivity index (χ0) is 20.2. The Morgan fingerprint density at radius 1 is 0.857 bits per heavy atom. The average molecular weight is 494 g/mol. The first-order chi connectivity index (χ1) is 13.6. The monoisotopic (exact) mass is 494 g/mol. The third kappa shape index (κ3) is 6.15. The maximum Gasteiger partial charge on any atom is 0.324 e. The van der Waals surface area contributed by atoms with Gasteiger partial charge in [-0.15, -0.1) is 0 Å². The molecule has 0 fully saturated rings. The van der Waals surface area contributed by atoms with Crippen molar-refractivity contribution in [3.63, 3.8) is 0 Å². The molecule has 2 aromatic carbocycles. The Balaban J connectivity index is 2.15. The number of ether oxygens (including phenoxy) is 2. The van der Waals surface area contributed by atoms with Gasteiger partial charge in [-0.25, -0.2) is 0 Å². The van der Waals surface area contributed by atoms with E-state index < -0.39 is 17.4 Å². The summed E-state index contributed by atoms with van der Waals surface area (Å²) >= 11 is 2.17. The van der Waals surface area contributed by atoms with Crippen LogP contribution in [0.25, 0.3) is 0 Å². The molecule has 0 radical (unpaired) electrons. The number of carbonyl (C=O) groups is 3. The number of esters is 2. The van der Waals surface area contributed by atoms with Crippen LogP contribution >= 0.6 is 22.6 Å². The van der Waals surface area contributed by atoms with Gasteiger partial charge in [-0.05, 0) is 28.4 Å². The Kier molecular flexibility index (Phi) is 9.13. The first kappa shape index (κ1) is 22.1. The number of hydrogen-bond donors (Lipinski definition) is 0. The molecule has 0 aliphatic carbocycles. The van der Waals surface area contributed by atoms with Crippen molar-refractivity contribution in [3.05, 3.63) is 71.8 Å². The molecule has 0 spiro atoms. The van der Waals surface area contributed by atoms with Crippen LogP contribution in [0.2, 0.25) is 0 Å². The van der Waals surface area contributed by atoms with E-state index in [1.165, 1.54) is 0 Å². The number of carbonyl (C=O) groups excluding carboxylic acids is 3. The highest BCUT2D eigenvalue weighted by molar-refractivity contribution is 14.1. The van der Waals surface area contributed by atoms with Crippen molar-refractivity contribution in [2.45, 2.75) is 32.5 Å². The van der Waals surface area contributed by atoms with E-state index in [9.17, 15) is 14.4 Å². The maximum atomic E-state index is 12.9. The number of rotatable bonds is 11. The van der Waals surface area contributed by atoms with Crippen molar-refractivity contribution < 1.29 is 23.9 Å². The fourth-order valence-corrected chi connectivity index (χ4v) is 3.17. The van der Waals surface area contributed by atoms with Crippen LogP contribution in [0, 0.1) is 5.41 Å². The number of alkyl halides is 1. The predicted molar refractivity (Wildman–Crippen MR) is 114 cm³/mol. The lowest BCUT2D eigenvalue weighted by atomic mass is 9.80. The van der Waals surface area contributed by atoms with Crippen molar-refractivity contribution >= 4 is 40.8 Å². The minimum atomic E-state index is -1.61. The minimum Gasteiger partial charge on any atom is -0.460 e. The van der Waals surface area contributed by atoms with Crippen molar-refractivity contribution in [1.82, 2.24) is 0 Å². The second kappa shape index (κ2) is 11.6. The number of hydrogen-bond acceptors (Lipinski definition) is 5. The van der Waals surface area contributed by atoms with E-state index in [0.29, 0.717) is 12.7 Å². The van der Waals surface area contributed by atoms with Gasteiger partial charge in [0.25, 0.3) is 0 Å². The van der Waals surface area contributed by atoms with Crippen molar-refractivity contribution in [2.75, 3.05) is 4.43 Å². The Bertz CT molecular complexity index is 706. The molecule has 0 aliphatic heterocycles. The Hall–Kier alpha value is -2.22. The second-order valence-corrected chi connectivity index (χ2v) is 7.45. The van der Waals surface area contributed by atoms with Crippen LogP contribution in [0.4, 0.5) is 0 Å². The lowest BCUT2D eigenvalue weighted by Gasteiger charge is -2.27. The van der Waals surface area contributed by atoms with E-state index >= 15 is 0 Å². The van der Waals surface area contributed by atoms with Gasteiger partial charge in [0.15, 0.2) is 5.41 Å². The van der Waals surface area contributed by atoms with Crippen molar-refractivity contribution in [3.8, 4) is 0 Å². The van der Waals surface area contributed by atoms with Gasteiger partial charge in [0.05, 0.1) is 0 Å². The molecule has 0 bridgehead atoms. The van der Waals surface area contributed by atoms with Crippen LogP contribution < -0.4 is 0 Å². The molecule has 5 nitrogen and oxygen atoms in total. The van der Waals surface area contributed by atoms with Crippen LogP contribution in [0.15, 0.2) is 60.7 Å². The third-order valence-electron chi connectivity index (χ3n) is 4.38. The molecule has 0 heterocycles. The molecule has 28 heavy (non-hydrogen) atoms. The van der Waals surface area contributed by atoms with E-state index in [2.05, 4.69) is 22.6 Å². The summed E-state index contributed by atoms with van der Waals surface area (Å²) < 4.78 is 11.6. The summed E-state index contributed by atoms with van der Waals surface area (Å²) in [6, 6.07) is 18.4. The van der Waals surface area contributed by atoms with E-state index in [1.54, 1.807) is 0 Å². The number of benzene rings is 2. The highest BCUT2D eigenvalue weighted by atomic mass is 127. The molecule has 0 amide bonds. The van der Waals surface area contributed by atoms with Crippen LogP contribution in [-0.4, -0.2) is 22.7 Å². The summed E-state index contributed by atoms with van der Waals surface area (Å²) in [5.41, 5.74) is 0.000950. The van der Waals surface area contributed by atoms with Crippen molar-refractivity contribution in [2.24, 2.45) is 5.41 Å². The fraction of sp³-hybridized carbons (Fsp3) is 0.318. The highest BCUT2D eigenvalue weighted by Crippen LogP contribution is 2.32. The SMILES string of the molecule is O=CCC(CCCI)(C(=O)OCc1ccccc1)C(=O)OCc1ccccc1. The topological polar surface area (TPSA) is 69.7 Å². The molecular weight excluding hydrogens is 471 g/mol. The van der Waals surface area contributed by atoms with Gasteiger partial charge in [0, 0.05) is 6.42 Å². The number of halogens is 1. The Labute approximate surface area is 178 Å². The van der Waals surface area contributed by atoms with Crippen LogP contribution in [0.3, 0.4) is 0 Å². The summed E-state index contributed by atoms with van der Waals surface area (Å²) in [6.07, 6.45) is 1.12. The highest BCUT2D eigenvalue weighted by Gasteiger charge is 2.48. The summed E-state index contributed by atoms with van der Waals surface area (Å²) in [5.74, 6) is -1.43. The molecule has 2 aromatic rings. The summed E-state index contributed by atoms with van der Waals surface area (Å²) in [5, 5.41) is 0. The molecule has 0 aliphatic rings. The van der Waals surface area contributed by atoms with E-state index in [0.717, 1.165) is 15.6 Å². The lowest BCUT2D eigenvalue weighted by Crippen LogP contribution is -2.42. The largest absolute Gasteiger partial charge is 0.460 e. The molecular formula is C22H23IO5.